The molecular weight excluding hydrogens is 334 g/mol. The van der Waals surface area contributed by atoms with E-state index in [0.717, 1.165) is 34.9 Å². The molecule has 0 radical (unpaired) electrons. The molecule has 1 fully saturated rings. The Morgan fingerprint density at radius 1 is 1.12 bits per heavy atom. The number of fused-ring (bicyclic) bond motifs is 1. The molecule has 2 aromatic heterocycles. The van der Waals surface area contributed by atoms with Gasteiger partial charge < -0.3 is 10.2 Å². The molecule has 4 rings (SSSR count). The number of carbonyl (C=O) groups excluding carboxylic acids is 1. The van der Waals surface area contributed by atoms with Crippen LogP contribution >= 0.6 is 11.3 Å². The van der Waals surface area contributed by atoms with Crippen LogP contribution < -0.4 is 10.2 Å². The largest absolute Gasteiger partial charge is 0.344 e. The molecule has 25 heavy (non-hydrogen) atoms. The third kappa shape index (κ3) is 3.61. The lowest BCUT2D eigenvalue weighted by Crippen LogP contribution is -2.31. The lowest BCUT2D eigenvalue weighted by molar-refractivity contribution is 0.0950. The summed E-state index contributed by atoms with van der Waals surface area (Å²) in [7, 11) is 0. The Hall–Kier alpha value is -2.54. The quantitative estimate of drug-likeness (QED) is 0.781. The molecule has 3 aromatic rings. The van der Waals surface area contributed by atoms with Gasteiger partial charge in [-0.1, -0.05) is 12.1 Å². The van der Waals surface area contributed by atoms with Gasteiger partial charge in [0.15, 0.2) is 5.01 Å². The Bertz CT molecular complexity index is 855. The first-order chi connectivity index (χ1) is 12.3. The molecule has 1 amide bonds. The predicted octanol–water partition coefficient (Wildman–Crippen LogP) is 3.01. The molecule has 0 bridgehead atoms. The highest BCUT2D eigenvalue weighted by atomic mass is 32.1. The van der Waals surface area contributed by atoms with Gasteiger partial charge in [-0.2, -0.15) is 0 Å². The SMILES string of the molecule is O=C(NCc1ccnc(N2CCCCC2)n1)c1nc2ccccc2s1. The van der Waals surface area contributed by atoms with E-state index < -0.39 is 0 Å². The van der Waals surface area contributed by atoms with Crippen LogP contribution in [-0.4, -0.2) is 33.9 Å². The summed E-state index contributed by atoms with van der Waals surface area (Å²) in [5, 5.41) is 3.38. The first kappa shape index (κ1) is 16.0. The van der Waals surface area contributed by atoms with Gasteiger partial charge in [0.25, 0.3) is 5.91 Å². The summed E-state index contributed by atoms with van der Waals surface area (Å²) in [5.41, 5.74) is 1.66. The van der Waals surface area contributed by atoms with Crippen molar-refractivity contribution in [1.82, 2.24) is 20.3 Å². The van der Waals surface area contributed by atoms with Crippen LogP contribution in [0.5, 0.6) is 0 Å². The van der Waals surface area contributed by atoms with Gasteiger partial charge in [-0.3, -0.25) is 4.79 Å². The smallest absolute Gasteiger partial charge is 0.280 e. The number of nitrogens with one attached hydrogen (secondary N) is 1. The highest BCUT2D eigenvalue weighted by Gasteiger charge is 2.15. The van der Waals surface area contributed by atoms with Crippen molar-refractivity contribution in [2.45, 2.75) is 25.8 Å². The summed E-state index contributed by atoms with van der Waals surface area (Å²) in [6.07, 6.45) is 5.40. The number of rotatable bonds is 4. The van der Waals surface area contributed by atoms with Crippen molar-refractivity contribution in [2.24, 2.45) is 0 Å². The second-order valence-electron chi connectivity index (χ2n) is 6.07. The number of hydrogen-bond acceptors (Lipinski definition) is 6. The average molecular weight is 353 g/mol. The van der Waals surface area contributed by atoms with Crippen LogP contribution in [0, 0.1) is 0 Å². The molecule has 0 atom stereocenters. The van der Waals surface area contributed by atoms with Gasteiger partial charge in [-0.15, -0.1) is 11.3 Å². The van der Waals surface area contributed by atoms with Crippen molar-refractivity contribution in [3.05, 3.63) is 47.2 Å². The fraction of sp³-hybridized carbons (Fsp3) is 0.333. The lowest BCUT2D eigenvalue weighted by atomic mass is 10.1. The van der Waals surface area contributed by atoms with Gasteiger partial charge in [0.1, 0.15) is 0 Å². The topological polar surface area (TPSA) is 71.0 Å². The molecule has 1 aromatic carbocycles. The molecule has 1 saturated heterocycles. The molecule has 1 N–H and O–H groups in total. The van der Waals surface area contributed by atoms with Crippen molar-refractivity contribution in [3.63, 3.8) is 0 Å². The summed E-state index contributed by atoms with van der Waals surface area (Å²) in [6, 6.07) is 9.60. The summed E-state index contributed by atoms with van der Waals surface area (Å²) in [4.78, 5) is 27.9. The Balaban J connectivity index is 1.42. The molecule has 0 spiro atoms. The minimum atomic E-state index is -0.167. The number of thiazole rings is 1. The fourth-order valence-corrected chi connectivity index (χ4v) is 3.83. The van der Waals surface area contributed by atoms with Crippen molar-refractivity contribution in [1.29, 1.82) is 0 Å². The molecule has 1 aliphatic rings. The van der Waals surface area contributed by atoms with Gasteiger partial charge in [-0.05, 0) is 37.5 Å². The highest BCUT2D eigenvalue weighted by Crippen LogP contribution is 2.21. The average Bonchev–Trinajstić information content (AvgIpc) is 3.11. The van der Waals surface area contributed by atoms with Crippen LogP contribution in [0.15, 0.2) is 36.5 Å². The number of anilines is 1. The molecule has 3 heterocycles. The maximum Gasteiger partial charge on any atom is 0.280 e. The normalized spacial score (nSPS) is 14.6. The molecule has 7 heteroatoms. The third-order valence-corrected chi connectivity index (χ3v) is 5.29. The van der Waals surface area contributed by atoms with E-state index in [-0.39, 0.29) is 5.91 Å². The Morgan fingerprint density at radius 3 is 2.80 bits per heavy atom. The van der Waals surface area contributed by atoms with E-state index in [4.69, 9.17) is 0 Å². The lowest BCUT2D eigenvalue weighted by Gasteiger charge is -2.26. The van der Waals surface area contributed by atoms with Crippen LogP contribution in [-0.2, 0) is 6.54 Å². The number of aromatic nitrogens is 3. The van der Waals surface area contributed by atoms with E-state index in [1.807, 2.05) is 30.3 Å². The zero-order valence-corrected chi connectivity index (χ0v) is 14.6. The van der Waals surface area contributed by atoms with Crippen molar-refractivity contribution in [2.75, 3.05) is 18.0 Å². The standard InChI is InChI=1S/C18H19N5OS/c24-16(17-22-14-6-2-3-7-15(14)25-17)20-12-13-8-9-19-18(21-13)23-10-4-1-5-11-23/h2-3,6-9H,1,4-5,10-12H2,(H,20,24). The number of amides is 1. The Morgan fingerprint density at radius 2 is 1.96 bits per heavy atom. The number of hydrogen-bond donors (Lipinski definition) is 1. The molecule has 6 nitrogen and oxygen atoms in total. The number of piperidine rings is 1. The zero-order valence-electron chi connectivity index (χ0n) is 13.8. The second kappa shape index (κ2) is 7.14. The maximum atomic E-state index is 12.4. The van der Waals surface area contributed by atoms with E-state index >= 15 is 0 Å². The van der Waals surface area contributed by atoms with E-state index in [9.17, 15) is 4.79 Å². The van der Waals surface area contributed by atoms with Gasteiger partial charge in [0, 0.05) is 19.3 Å². The monoisotopic (exact) mass is 353 g/mol. The number of para-hydroxylation sites is 1. The van der Waals surface area contributed by atoms with Crippen LogP contribution in [0.1, 0.15) is 34.8 Å². The zero-order chi connectivity index (χ0) is 17.1. The molecule has 0 aliphatic carbocycles. The Kier molecular flexibility index (Phi) is 4.56. The number of nitrogens with zero attached hydrogens (tertiary/aromatic N) is 4. The van der Waals surface area contributed by atoms with E-state index in [1.54, 1.807) is 6.20 Å². The van der Waals surface area contributed by atoms with Gasteiger partial charge in [0.05, 0.1) is 22.5 Å². The Labute approximate surface area is 149 Å². The summed E-state index contributed by atoms with van der Waals surface area (Å²) >= 11 is 1.40. The van der Waals surface area contributed by atoms with Crippen LogP contribution in [0.3, 0.4) is 0 Å². The van der Waals surface area contributed by atoms with E-state index in [2.05, 4.69) is 25.2 Å². The molecule has 1 aliphatic heterocycles. The molecule has 0 saturated carbocycles. The first-order valence-electron chi connectivity index (χ1n) is 8.50. The number of benzene rings is 1. The summed E-state index contributed by atoms with van der Waals surface area (Å²) in [5.74, 6) is 0.589. The van der Waals surface area contributed by atoms with Gasteiger partial charge in [0.2, 0.25) is 5.95 Å². The van der Waals surface area contributed by atoms with E-state index in [1.165, 1.54) is 30.6 Å². The van der Waals surface area contributed by atoms with Crippen LogP contribution in [0.4, 0.5) is 5.95 Å². The van der Waals surface area contributed by atoms with Crippen LogP contribution in [0.25, 0.3) is 10.2 Å². The highest BCUT2D eigenvalue weighted by molar-refractivity contribution is 7.20. The second-order valence-corrected chi connectivity index (χ2v) is 7.10. The maximum absolute atomic E-state index is 12.4. The minimum absolute atomic E-state index is 0.167. The van der Waals surface area contributed by atoms with Crippen molar-refractivity contribution >= 4 is 33.4 Å². The van der Waals surface area contributed by atoms with E-state index in [0.29, 0.717) is 11.6 Å². The predicted molar refractivity (Wildman–Crippen MR) is 98.9 cm³/mol. The van der Waals surface area contributed by atoms with Gasteiger partial charge >= 0.3 is 0 Å². The fourth-order valence-electron chi connectivity index (χ4n) is 2.95. The molecular formula is C18H19N5OS. The molecule has 128 valence electrons. The summed E-state index contributed by atoms with van der Waals surface area (Å²) in [6.45, 7) is 2.38. The first-order valence-corrected chi connectivity index (χ1v) is 9.32. The number of carbonyl (C=O) groups is 1. The summed E-state index contributed by atoms with van der Waals surface area (Å²) < 4.78 is 1.02. The van der Waals surface area contributed by atoms with Crippen molar-refractivity contribution in [3.8, 4) is 0 Å². The third-order valence-electron chi connectivity index (χ3n) is 4.26. The van der Waals surface area contributed by atoms with Gasteiger partial charge in [-0.25, -0.2) is 15.0 Å². The van der Waals surface area contributed by atoms with Crippen molar-refractivity contribution < 1.29 is 4.79 Å². The minimum Gasteiger partial charge on any atom is -0.344 e. The molecule has 0 unspecified atom stereocenters. The van der Waals surface area contributed by atoms with Crippen LogP contribution in [0.2, 0.25) is 0 Å².